The number of carbonyl (C=O) groups excluding carboxylic acids is 1. The summed E-state index contributed by atoms with van der Waals surface area (Å²) in [5.41, 5.74) is 2.23. The molecule has 0 saturated heterocycles. The zero-order chi connectivity index (χ0) is 21.5. The molecule has 0 unspecified atom stereocenters. The van der Waals surface area contributed by atoms with Gasteiger partial charge in [-0.1, -0.05) is 83.7 Å². The molecule has 4 rings (SSSR count). The molecule has 4 aromatic rings. The molecule has 0 bridgehead atoms. The minimum Gasteiger partial charge on any atom is -0.321 e. The second-order valence-corrected chi connectivity index (χ2v) is 9.01. The molecule has 3 aromatic carbocycles. The third-order valence-corrected chi connectivity index (χ3v) is 6.44. The van der Waals surface area contributed by atoms with Gasteiger partial charge in [0.1, 0.15) is 5.69 Å². The average Bonchev–Trinajstić information content (AvgIpc) is 2.81. The molecule has 0 aliphatic rings. The lowest BCUT2D eigenvalue weighted by Crippen LogP contribution is -2.15. The number of para-hydroxylation sites is 1. The standard InChI is InChI=1S/C24H18ClN3OS2/c25-18-11-13-20(14-12-18)31-21-15-26-24(30-16-17-7-3-1-4-8-17)28-22(21)23(29)27-19-9-5-2-6-10-19/h1-15H,16H2,(H,27,29). The monoisotopic (exact) mass is 463 g/mol. The third-order valence-electron chi connectivity index (χ3n) is 4.23. The number of thioether (sulfide) groups is 1. The van der Waals surface area contributed by atoms with Crippen LogP contribution in [0.1, 0.15) is 16.1 Å². The van der Waals surface area contributed by atoms with Crippen LogP contribution in [0.15, 0.2) is 106 Å². The summed E-state index contributed by atoms with van der Waals surface area (Å²) in [5.74, 6) is 0.455. The first-order chi connectivity index (χ1) is 15.2. The second-order valence-electron chi connectivity index (χ2n) is 6.52. The van der Waals surface area contributed by atoms with Crippen molar-refractivity contribution in [2.24, 2.45) is 0 Å². The molecule has 1 amide bonds. The van der Waals surface area contributed by atoms with E-state index in [4.69, 9.17) is 11.6 Å². The highest BCUT2D eigenvalue weighted by Gasteiger charge is 2.17. The molecule has 1 aromatic heterocycles. The normalized spacial score (nSPS) is 10.6. The van der Waals surface area contributed by atoms with Gasteiger partial charge >= 0.3 is 0 Å². The number of nitrogens with one attached hydrogen (secondary N) is 1. The fourth-order valence-corrected chi connectivity index (χ4v) is 4.49. The number of anilines is 1. The summed E-state index contributed by atoms with van der Waals surface area (Å²) in [4.78, 5) is 23.8. The van der Waals surface area contributed by atoms with E-state index in [-0.39, 0.29) is 5.91 Å². The van der Waals surface area contributed by atoms with Crippen LogP contribution in [-0.4, -0.2) is 15.9 Å². The van der Waals surface area contributed by atoms with Gasteiger partial charge in [0.25, 0.3) is 5.91 Å². The maximum Gasteiger partial charge on any atom is 0.275 e. The van der Waals surface area contributed by atoms with Crippen LogP contribution in [0.4, 0.5) is 5.69 Å². The molecule has 1 heterocycles. The molecule has 1 N–H and O–H groups in total. The number of rotatable bonds is 7. The maximum atomic E-state index is 13.1. The van der Waals surface area contributed by atoms with Crippen molar-refractivity contribution in [1.29, 1.82) is 0 Å². The lowest BCUT2D eigenvalue weighted by molar-refractivity contribution is 0.101. The van der Waals surface area contributed by atoms with Crippen molar-refractivity contribution in [1.82, 2.24) is 9.97 Å². The van der Waals surface area contributed by atoms with Crippen molar-refractivity contribution in [3.63, 3.8) is 0 Å². The number of aromatic nitrogens is 2. The minimum absolute atomic E-state index is 0.272. The Hall–Kier alpha value is -2.80. The highest BCUT2D eigenvalue weighted by Crippen LogP contribution is 2.32. The number of carbonyl (C=O) groups is 1. The Labute approximate surface area is 194 Å². The molecule has 31 heavy (non-hydrogen) atoms. The summed E-state index contributed by atoms with van der Waals surface area (Å²) < 4.78 is 0. The summed E-state index contributed by atoms with van der Waals surface area (Å²) in [6.45, 7) is 0. The van der Waals surface area contributed by atoms with Crippen molar-refractivity contribution in [2.75, 3.05) is 5.32 Å². The zero-order valence-electron chi connectivity index (χ0n) is 16.4. The fourth-order valence-electron chi connectivity index (χ4n) is 2.73. The Bertz CT molecular complexity index is 1160. The van der Waals surface area contributed by atoms with Gasteiger partial charge in [-0.3, -0.25) is 4.79 Å². The lowest BCUT2D eigenvalue weighted by atomic mass is 10.2. The minimum atomic E-state index is -0.272. The van der Waals surface area contributed by atoms with E-state index in [9.17, 15) is 4.79 Å². The van der Waals surface area contributed by atoms with Gasteiger partial charge in [-0.25, -0.2) is 9.97 Å². The summed E-state index contributed by atoms with van der Waals surface area (Å²) >= 11 is 8.92. The molecule has 154 valence electrons. The van der Waals surface area contributed by atoms with Crippen molar-refractivity contribution < 1.29 is 4.79 Å². The van der Waals surface area contributed by atoms with Gasteiger partial charge in [0.15, 0.2) is 5.16 Å². The molecular weight excluding hydrogens is 446 g/mol. The molecule has 0 spiro atoms. The zero-order valence-corrected chi connectivity index (χ0v) is 18.8. The van der Waals surface area contributed by atoms with Gasteiger partial charge in [0, 0.05) is 27.6 Å². The van der Waals surface area contributed by atoms with Crippen LogP contribution in [0, 0.1) is 0 Å². The van der Waals surface area contributed by atoms with Crippen LogP contribution >= 0.6 is 35.1 Å². The third kappa shape index (κ3) is 6.10. The Morgan fingerprint density at radius 1 is 0.903 bits per heavy atom. The highest BCUT2D eigenvalue weighted by atomic mass is 35.5. The van der Waals surface area contributed by atoms with Gasteiger partial charge in [0.05, 0.1) is 4.90 Å². The number of nitrogens with zero attached hydrogens (tertiary/aromatic N) is 2. The molecule has 0 aliphatic carbocycles. The number of hydrogen-bond acceptors (Lipinski definition) is 5. The number of hydrogen-bond donors (Lipinski definition) is 1. The first-order valence-corrected chi connectivity index (χ1v) is 11.7. The average molecular weight is 464 g/mol. The molecule has 0 saturated carbocycles. The Morgan fingerprint density at radius 2 is 1.58 bits per heavy atom. The van der Waals surface area contributed by atoms with E-state index in [0.717, 1.165) is 10.6 Å². The smallest absolute Gasteiger partial charge is 0.275 e. The van der Waals surface area contributed by atoms with Crippen LogP contribution < -0.4 is 5.32 Å². The predicted molar refractivity (Wildman–Crippen MR) is 128 cm³/mol. The topological polar surface area (TPSA) is 54.9 Å². The number of halogens is 1. The lowest BCUT2D eigenvalue weighted by Gasteiger charge is -2.11. The van der Waals surface area contributed by atoms with Crippen LogP contribution in [0.3, 0.4) is 0 Å². The van der Waals surface area contributed by atoms with E-state index >= 15 is 0 Å². The molecule has 0 fully saturated rings. The first-order valence-electron chi connectivity index (χ1n) is 9.51. The van der Waals surface area contributed by atoms with Crippen LogP contribution in [0.5, 0.6) is 0 Å². The summed E-state index contributed by atoms with van der Waals surface area (Å²) in [6.07, 6.45) is 1.71. The Morgan fingerprint density at radius 3 is 2.29 bits per heavy atom. The summed E-state index contributed by atoms with van der Waals surface area (Å²) in [5, 5.41) is 4.14. The van der Waals surface area contributed by atoms with E-state index in [0.29, 0.717) is 26.5 Å². The van der Waals surface area contributed by atoms with Crippen LogP contribution in [-0.2, 0) is 5.75 Å². The van der Waals surface area contributed by atoms with Crippen molar-refractivity contribution in [3.8, 4) is 0 Å². The van der Waals surface area contributed by atoms with Gasteiger partial charge in [-0.2, -0.15) is 0 Å². The van der Waals surface area contributed by atoms with E-state index in [1.165, 1.54) is 29.1 Å². The molecule has 0 radical (unpaired) electrons. The molecule has 7 heteroatoms. The number of benzene rings is 3. The SMILES string of the molecule is O=C(Nc1ccccc1)c1nc(SCc2ccccc2)ncc1Sc1ccc(Cl)cc1. The van der Waals surface area contributed by atoms with Gasteiger partial charge in [-0.15, -0.1) is 0 Å². The van der Waals surface area contributed by atoms with Crippen molar-refractivity contribution in [3.05, 3.63) is 107 Å². The fraction of sp³-hybridized carbons (Fsp3) is 0.0417. The van der Waals surface area contributed by atoms with Crippen LogP contribution in [0.25, 0.3) is 0 Å². The summed E-state index contributed by atoms with van der Waals surface area (Å²) in [7, 11) is 0. The van der Waals surface area contributed by atoms with Crippen LogP contribution in [0.2, 0.25) is 5.02 Å². The van der Waals surface area contributed by atoms with Gasteiger partial charge in [0.2, 0.25) is 0 Å². The van der Waals surface area contributed by atoms with Crippen molar-refractivity contribution >= 4 is 46.7 Å². The maximum absolute atomic E-state index is 13.1. The molecule has 0 atom stereocenters. The molecular formula is C24H18ClN3OS2. The highest BCUT2D eigenvalue weighted by molar-refractivity contribution is 7.99. The van der Waals surface area contributed by atoms with Gasteiger partial charge in [-0.05, 0) is 42.0 Å². The van der Waals surface area contributed by atoms with Crippen molar-refractivity contribution in [2.45, 2.75) is 20.7 Å². The van der Waals surface area contributed by atoms with E-state index in [1.807, 2.05) is 72.8 Å². The molecule has 4 nitrogen and oxygen atoms in total. The number of amides is 1. The summed E-state index contributed by atoms with van der Waals surface area (Å²) in [6, 6.07) is 26.9. The Kier molecular flexibility index (Phi) is 7.25. The van der Waals surface area contributed by atoms with Gasteiger partial charge < -0.3 is 5.32 Å². The van der Waals surface area contributed by atoms with E-state index in [1.54, 1.807) is 6.20 Å². The Balaban J connectivity index is 1.59. The van der Waals surface area contributed by atoms with E-state index in [2.05, 4.69) is 27.4 Å². The second kappa shape index (κ2) is 10.5. The first kappa shape index (κ1) is 21.4. The quantitative estimate of drug-likeness (QED) is 0.240. The predicted octanol–water partition coefficient (Wildman–Crippen LogP) is 6.83. The van der Waals surface area contributed by atoms with E-state index < -0.39 is 0 Å². The largest absolute Gasteiger partial charge is 0.321 e. The molecule has 0 aliphatic heterocycles.